The number of carbonyl (C=O) groups is 1. The Bertz CT molecular complexity index is 1130. The molecule has 1 heterocycles. The standard InChI is InChI=1S/C23H25N3O4/c1-14-11-12-19(29-2)17(13-14)25-23(28)26-21-20(24-15-7-3-4-8-15)16-9-5-6-10-18(16)30-22(21)27/h5-6,9-13,15,24H,3-4,7-8H2,1-2H3,(H2,25,26,28). The lowest BCUT2D eigenvalue weighted by molar-refractivity contribution is 0.262. The fourth-order valence-electron chi connectivity index (χ4n) is 3.87. The largest absolute Gasteiger partial charge is 0.495 e. The van der Waals surface area contributed by atoms with Gasteiger partial charge in [0, 0.05) is 11.4 Å². The molecule has 2 amide bonds. The maximum atomic E-state index is 12.8. The zero-order valence-corrected chi connectivity index (χ0v) is 17.1. The van der Waals surface area contributed by atoms with Gasteiger partial charge in [-0.15, -0.1) is 0 Å². The van der Waals surface area contributed by atoms with E-state index in [9.17, 15) is 9.59 Å². The Labute approximate surface area is 174 Å². The molecule has 1 aliphatic carbocycles. The first-order valence-electron chi connectivity index (χ1n) is 10.1. The number of methoxy groups -OCH3 is 1. The first kappa shape index (κ1) is 19.8. The van der Waals surface area contributed by atoms with E-state index in [-0.39, 0.29) is 11.7 Å². The van der Waals surface area contributed by atoms with Crippen molar-refractivity contribution in [2.24, 2.45) is 0 Å². The first-order valence-corrected chi connectivity index (χ1v) is 10.1. The fourth-order valence-corrected chi connectivity index (χ4v) is 3.87. The smallest absolute Gasteiger partial charge is 0.362 e. The molecule has 7 nitrogen and oxygen atoms in total. The summed E-state index contributed by atoms with van der Waals surface area (Å²) in [6, 6.07) is 12.5. The van der Waals surface area contributed by atoms with Crippen LogP contribution in [0.3, 0.4) is 0 Å². The van der Waals surface area contributed by atoms with E-state index in [0.29, 0.717) is 22.7 Å². The summed E-state index contributed by atoms with van der Waals surface area (Å²) >= 11 is 0. The van der Waals surface area contributed by atoms with Crippen LogP contribution in [0.5, 0.6) is 5.75 Å². The van der Waals surface area contributed by atoms with Crippen LogP contribution in [0.2, 0.25) is 0 Å². The van der Waals surface area contributed by atoms with Gasteiger partial charge in [-0.1, -0.05) is 31.0 Å². The van der Waals surface area contributed by atoms with Crippen molar-refractivity contribution in [3.8, 4) is 5.75 Å². The van der Waals surface area contributed by atoms with Gasteiger partial charge in [-0.2, -0.15) is 0 Å². The highest BCUT2D eigenvalue weighted by Gasteiger charge is 2.22. The molecule has 3 N–H and O–H groups in total. The number of carbonyl (C=O) groups excluding carboxylic acids is 1. The monoisotopic (exact) mass is 407 g/mol. The summed E-state index contributed by atoms with van der Waals surface area (Å²) in [5, 5.41) is 9.68. The lowest BCUT2D eigenvalue weighted by Gasteiger charge is -2.19. The molecular formula is C23H25N3O4. The molecule has 0 atom stereocenters. The van der Waals surface area contributed by atoms with Gasteiger partial charge < -0.3 is 19.8 Å². The number of ether oxygens (including phenoxy) is 1. The van der Waals surface area contributed by atoms with Gasteiger partial charge in [0.1, 0.15) is 11.3 Å². The lowest BCUT2D eigenvalue weighted by atomic mass is 10.1. The second-order valence-corrected chi connectivity index (χ2v) is 7.54. The van der Waals surface area contributed by atoms with Gasteiger partial charge in [0.2, 0.25) is 0 Å². The summed E-state index contributed by atoms with van der Waals surface area (Å²) in [5.41, 5.74) is 2.07. The summed E-state index contributed by atoms with van der Waals surface area (Å²) in [4.78, 5) is 25.5. The number of hydrogen-bond donors (Lipinski definition) is 3. The van der Waals surface area contributed by atoms with Crippen molar-refractivity contribution in [3.05, 3.63) is 58.4 Å². The maximum Gasteiger partial charge on any atom is 0.362 e. The third-order valence-electron chi connectivity index (χ3n) is 5.36. The van der Waals surface area contributed by atoms with Crippen LogP contribution in [0.1, 0.15) is 31.2 Å². The quantitative estimate of drug-likeness (QED) is 0.511. The second-order valence-electron chi connectivity index (χ2n) is 7.54. The SMILES string of the molecule is COc1ccc(C)cc1NC(=O)Nc1c(NC2CCCC2)c2ccccc2oc1=O. The van der Waals surface area contributed by atoms with E-state index in [0.717, 1.165) is 36.6 Å². The predicted octanol–water partition coefficient (Wildman–Crippen LogP) is 5.11. The number of urea groups is 1. The number of aryl methyl sites for hydroxylation is 1. The van der Waals surface area contributed by atoms with E-state index in [1.165, 1.54) is 7.11 Å². The van der Waals surface area contributed by atoms with Crippen molar-refractivity contribution in [2.75, 3.05) is 23.1 Å². The lowest BCUT2D eigenvalue weighted by Crippen LogP contribution is -2.26. The van der Waals surface area contributed by atoms with Gasteiger partial charge in [-0.25, -0.2) is 9.59 Å². The molecule has 156 valence electrons. The van der Waals surface area contributed by atoms with E-state index in [2.05, 4.69) is 16.0 Å². The second kappa shape index (κ2) is 8.49. The summed E-state index contributed by atoms with van der Waals surface area (Å²) in [5.74, 6) is 0.533. The van der Waals surface area contributed by atoms with Crippen molar-refractivity contribution >= 4 is 34.1 Å². The molecule has 7 heteroatoms. The number of benzene rings is 2. The number of anilines is 3. The number of nitrogens with one attached hydrogen (secondary N) is 3. The molecule has 3 aromatic rings. The molecule has 1 fully saturated rings. The van der Waals surface area contributed by atoms with Crippen LogP contribution in [-0.2, 0) is 0 Å². The van der Waals surface area contributed by atoms with Gasteiger partial charge >= 0.3 is 11.7 Å². The molecule has 30 heavy (non-hydrogen) atoms. The fraction of sp³-hybridized carbons (Fsp3) is 0.304. The summed E-state index contributed by atoms with van der Waals surface area (Å²) in [6.07, 6.45) is 4.35. The molecule has 4 rings (SSSR count). The van der Waals surface area contributed by atoms with Crippen LogP contribution in [0.25, 0.3) is 11.0 Å². The predicted molar refractivity (Wildman–Crippen MR) is 119 cm³/mol. The van der Waals surface area contributed by atoms with Crippen molar-refractivity contribution in [1.29, 1.82) is 0 Å². The molecule has 0 aliphatic heterocycles. The van der Waals surface area contributed by atoms with Gasteiger partial charge in [0.15, 0.2) is 5.69 Å². The molecule has 1 saturated carbocycles. The number of hydrogen-bond acceptors (Lipinski definition) is 5. The van der Waals surface area contributed by atoms with E-state index in [4.69, 9.17) is 9.15 Å². The van der Waals surface area contributed by atoms with Crippen LogP contribution in [-0.4, -0.2) is 19.2 Å². The van der Waals surface area contributed by atoms with Crippen molar-refractivity contribution in [2.45, 2.75) is 38.6 Å². The van der Waals surface area contributed by atoms with Crippen LogP contribution in [0, 0.1) is 6.92 Å². The summed E-state index contributed by atoms with van der Waals surface area (Å²) < 4.78 is 10.8. The Morgan fingerprint density at radius 3 is 2.60 bits per heavy atom. The van der Waals surface area contributed by atoms with Crippen LogP contribution in [0.4, 0.5) is 21.9 Å². The van der Waals surface area contributed by atoms with Gasteiger partial charge in [-0.05, 0) is 49.6 Å². The minimum Gasteiger partial charge on any atom is -0.495 e. The first-order chi connectivity index (χ1) is 14.5. The van der Waals surface area contributed by atoms with Crippen LogP contribution in [0.15, 0.2) is 51.7 Å². The average molecular weight is 407 g/mol. The summed E-state index contributed by atoms with van der Waals surface area (Å²) in [7, 11) is 1.54. The third-order valence-corrected chi connectivity index (χ3v) is 5.36. The van der Waals surface area contributed by atoms with Gasteiger partial charge in [-0.3, -0.25) is 5.32 Å². The average Bonchev–Trinajstić information content (AvgIpc) is 3.24. The molecule has 0 bridgehead atoms. The van der Waals surface area contributed by atoms with Crippen molar-refractivity contribution in [3.63, 3.8) is 0 Å². The number of fused-ring (bicyclic) bond motifs is 1. The van der Waals surface area contributed by atoms with E-state index in [1.54, 1.807) is 18.2 Å². The topological polar surface area (TPSA) is 92.6 Å². The molecular weight excluding hydrogens is 382 g/mol. The third kappa shape index (κ3) is 4.10. The Morgan fingerprint density at radius 2 is 1.83 bits per heavy atom. The van der Waals surface area contributed by atoms with Crippen LogP contribution >= 0.6 is 0 Å². The normalized spacial score (nSPS) is 13.9. The van der Waals surface area contributed by atoms with E-state index < -0.39 is 11.7 Å². The summed E-state index contributed by atoms with van der Waals surface area (Å²) in [6.45, 7) is 1.92. The molecule has 0 radical (unpaired) electrons. The maximum absolute atomic E-state index is 12.8. The molecule has 0 spiro atoms. The van der Waals surface area contributed by atoms with Gasteiger partial charge in [0.05, 0.1) is 18.5 Å². The molecule has 2 aromatic carbocycles. The Balaban J connectivity index is 1.67. The zero-order valence-electron chi connectivity index (χ0n) is 17.1. The Hall–Kier alpha value is -3.48. The Kier molecular flexibility index (Phi) is 5.61. The highest BCUT2D eigenvalue weighted by Crippen LogP contribution is 2.32. The number of para-hydroxylation sites is 1. The van der Waals surface area contributed by atoms with E-state index >= 15 is 0 Å². The molecule has 1 aromatic heterocycles. The highest BCUT2D eigenvalue weighted by atomic mass is 16.5. The molecule has 0 saturated heterocycles. The van der Waals surface area contributed by atoms with Crippen LogP contribution < -0.4 is 26.3 Å². The van der Waals surface area contributed by atoms with Gasteiger partial charge in [0.25, 0.3) is 0 Å². The zero-order chi connectivity index (χ0) is 21.1. The van der Waals surface area contributed by atoms with Crippen molar-refractivity contribution in [1.82, 2.24) is 0 Å². The molecule has 1 aliphatic rings. The van der Waals surface area contributed by atoms with E-state index in [1.807, 2.05) is 31.2 Å². The van der Waals surface area contributed by atoms with Crippen molar-refractivity contribution < 1.29 is 13.9 Å². The number of rotatable bonds is 5. The Morgan fingerprint density at radius 1 is 1.07 bits per heavy atom. The minimum absolute atomic E-state index is 0.102. The number of amides is 2. The highest BCUT2D eigenvalue weighted by molar-refractivity contribution is 6.06. The molecule has 0 unspecified atom stereocenters. The minimum atomic E-state index is -0.597.